The van der Waals surface area contributed by atoms with Crippen LogP contribution in [0.15, 0.2) is 24.3 Å². The number of ether oxygens (including phenoxy) is 1. The zero-order valence-electron chi connectivity index (χ0n) is 18.8. The van der Waals surface area contributed by atoms with Crippen molar-refractivity contribution in [2.75, 3.05) is 39.4 Å². The Labute approximate surface area is 186 Å². The van der Waals surface area contributed by atoms with E-state index in [-0.39, 0.29) is 11.4 Å². The van der Waals surface area contributed by atoms with Crippen molar-refractivity contribution in [2.24, 2.45) is 0 Å². The summed E-state index contributed by atoms with van der Waals surface area (Å²) in [6.07, 6.45) is 10.2. The number of nitrogens with zero attached hydrogens (tertiary/aromatic N) is 2. The number of amides is 1. The SMILES string of the molecule is O=C1CC[C@@H](CCNCc2ccc(F)cc2)N1CC1(N2CCOCC2)CCCCCC1. The number of likely N-dealkylation sites (tertiary alicyclic amines) is 1. The minimum absolute atomic E-state index is 0.125. The van der Waals surface area contributed by atoms with Crippen molar-refractivity contribution in [3.63, 3.8) is 0 Å². The van der Waals surface area contributed by atoms with Crippen molar-refractivity contribution in [2.45, 2.75) is 75.9 Å². The van der Waals surface area contributed by atoms with E-state index in [4.69, 9.17) is 4.74 Å². The molecular weight excluding hydrogens is 393 g/mol. The third-order valence-electron chi connectivity index (χ3n) is 7.53. The van der Waals surface area contributed by atoms with Gasteiger partial charge in [-0.15, -0.1) is 0 Å². The van der Waals surface area contributed by atoms with Gasteiger partial charge in [-0.05, 0) is 49.9 Å². The summed E-state index contributed by atoms with van der Waals surface area (Å²) < 4.78 is 18.7. The van der Waals surface area contributed by atoms with Gasteiger partial charge in [-0.2, -0.15) is 0 Å². The fourth-order valence-corrected chi connectivity index (χ4v) is 5.73. The van der Waals surface area contributed by atoms with Crippen LogP contribution >= 0.6 is 0 Å². The molecule has 31 heavy (non-hydrogen) atoms. The van der Waals surface area contributed by atoms with Crippen molar-refractivity contribution in [1.29, 1.82) is 0 Å². The number of hydrogen-bond acceptors (Lipinski definition) is 4. The van der Waals surface area contributed by atoms with Gasteiger partial charge in [0.15, 0.2) is 0 Å². The minimum Gasteiger partial charge on any atom is -0.379 e. The first-order chi connectivity index (χ1) is 15.2. The highest BCUT2D eigenvalue weighted by Gasteiger charge is 2.43. The summed E-state index contributed by atoms with van der Waals surface area (Å²) in [5, 5.41) is 3.48. The van der Waals surface area contributed by atoms with Gasteiger partial charge in [0.2, 0.25) is 5.91 Å². The van der Waals surface area contributed by atoms with Crippen LogP contribution in [0.5, 0.6) is 0 Å². The van der Waals surface area contributed by atoms with Crippen LogP contribution in [-0.4, -0.2) is 66.7 Å². The van der Waals surface area contributed by atoms with Crippen molar-refractivity contribution in [3.8, 4) is 0 Å². The molecule has 0 unspecified atom stereocenters. The summed E-state index contributed by atoms with van der Waals surface area (Å²) in [6.45, 7) is 6.10. The molecule has 1 saturated carbocycles. The molecule has 0 radical (unpaired) electrons. The van der Waals surface area contributed by atoms with Gasteiger partial charge in [0, 0.05) is 44.2 Å². The molecule has 0 bridgehead atoms. The van der Waals surface area contributed by atoms with Gasteiger partial charge in [-0.25, -0.2) is 4.39 Å². The molecule has 1 aromatic carbocycles. The predicted octanol–water partition coefficient (Wildman–Crippen LogP) is 3.72. The van der Waals surface area contributed by atoms with E-state index in [0.29, 0.717) is 18.4 Å². The molecule has 1 atom stereocenters. The second kappa shape index (κ2) is 10.9. The van der Waals surface area contributed by atoms with Crippen LogP contribution < -0.4 is 5.32 Å². The zero-order chi connectivity index (χ0) is 21.5. The van der Waals surface area contributed by atoms with Crippen molar-refractivity contribution < 1.29 is 13.9 Å². The molecule has 0 spiro atoms. The fraction of sp³-hybridized carbons (Fsp3) is 0.720. The van der Waals surface area contributed by atoms with E-state index in [0.717, 1.165) is 64.3 Å². The van der Waals surface area contributed by atoms with Crippen LogP contribution in [0, 0.1) is 5.82 Å². The Balaban J connectivity index is 1.35. The number of halogens is 1. The third-order valence-corrected chi connectivity index (χ3v) is 7.53. The molecule has 5 nitrogen and oxygen atoms in total. The van der Waals surface area contributed by atoms with E-state index in [1.165, 1.54) is 50.7 Å². The van der Waals surface area contributed by atoms with Gasteiger partial charge in [0.1, 0.15) is 5.82 Å². The lowest BCUT2D eigenvalue weighted by Crippen LogP contribution is -2.59. The first kappa shape index (κ1) is 22.7. The smallest absolute Gasteiger partial charge is 0.222 e. The Bertz CT molecular complexity index is 697. The molecule has 3 fully saturated rings. The van der Waals surface area contributed by atoms with E-state index in [9.17, 15) is 9.18 Å². The van der Waals surface area contributed by atoms with Crippen LogP contribution in [0.4, 0.5) is 4.39 Å². The van der Waals surface area contributed by atoms with Crippen molar-refractivity contribution >= 4 is 5.91 Å². The molecular formula is C25H38FN3O2. The second-order valence-electron chi connectivity index (χ2n) is 9.54. The maximum absolute atomic E-state index is 13.1. The predicted molar refractivity (Wildman–Crippen MR) is 120 cm³/mol. The molecule has 1 aromatic rings. The summed E-state index contributed by atoms with van der Waals surface area (Å²) >= 11 is 0. The van der Waals surface area contributed by atoms with Crippen molar-refractivity contribution in [1.82, 2.24) is 15.1 Å². The van der Waals surface area contributed by atoms with E-state index in [1.807, 2.05) is 12.1 Å². The molecule has 172 valence electrons. The Morgan fingerprint density at radius 2 is 1.77 bits per heavy atom. The average Bonchev–Trinajstić information content (AvgIpc) is 2.99. The standard InChI is InChI=1S/C25H38FN3O2/c26-22-7-5-21(6-8-22)19-27-14-11-23-9-10-24(30)29(23)20-25(12-3-1-2-4-13-25)28-15-17-31-18-16-28/h5-8,23,27H,1-4,9-20H2/t23-/m0/s1. The van der Waals surface area contributed by atoms with Crippen molar-refractivity contribution in [3.05, 3.63) is 35.6 Å². The molecule has 2 aliphatic heterocycles. The Morgan fingerprint density at radius 1 is 1.06 bits per heavy atom. The average molecular weight is 432 g/mol. The summed E-state index contributed by atoms with van der Waals surface area (Å²) in [5.41, 5.74) is 1.21. The van der Waals surface area contributed by atoms with E-state index >= 15 is 0 Å². The van der Waals surface area contributed by atoms with Crippen LogP contribution in [-0.2, 0) is 16.1 Å². The number of rotatable bonds is 8. The van der Waals surface area contributed by atoms with E-state index in [1.54, 1.807) is 0 Å². The minimum atomic E-state index is -0.198. The first-order valence-corrected chi connectivity index (χ1v) is 12.2. The van der Waals surface area contributed by atoms with Crippen LogP contribution in [0.1, 0.15) is 63.4 Å². The fourth-order valence-electron chi connectivity index (χ4n) is 5.73. The Hall–Kier alpha value is -1.50. The monoisotopic (exact) mass is 431 g/mol. The second-order valence-corrected chi connectivity index (χ2v) is 9.54. The summed E-state index contributed by atoms with van der Waals surface area (Å²) in [6, 6.07) is 6.99. The number of morpholine rings is 1. The summed E-state index contributed by atoms with van der Waals surface area (Å²) in [5.74, 6) is 0.136. The largest absolute Gasteiger partial charge is 0.379 e. The van der Waals surface area contributed by atoms with Gasteiger partial charge in [0.25, 0.3) is 0 Å². The molecule has 2 heterocycles. The van der Waals surface area contributed by atoms with E-state index in [2.05, 4.69) is 15.1 Å². The number of carbonyl (C=O) groups is 1. The lowest BCUT2D eigenvalue weighted by atomic mass is 9.86. The normalized spacial score (nSPS) is 25.0. The molecule has 1 aliphatic carbocycles. The molecule has 6 heteroatoms. The van der Waals surface area contributed by atoms with Crippen LogP contribution in [0.2, 0.25) is 0 Å². The lowest BCUT2D eigenvalue weighted by Gasteiger charge is -2.48. The molecule has 3 aliphatic rings. The van der Waals surface area contributed by atoms with Gasteiger partial charge in [0.05, 0.1) is 13.2 Å². The molecule has 0 aromatic heterocycles. The van der Waals surface area contributed by atoms with Gasteiger partial charge < -0.3 is 15.0 Å². The van der Waals surface area contributed by atoms with Gasteiger partial charge in [-0.1, -0.05) is 37.8 Å². The highest BCUT2D eigenvalue weighted by molar-refractivity contribution is 5.78. The highest BCUT2D eigenvalue weighted by Crippen LogP contribution is 2.36. The topological polar surface area (TPSA) is 44.8 Å². The number of benzene rings is 1. The third kappa shape index (κ3) is 5.85. The highest BCUT2D eigenvalue weighted by atomic mass is 19.1. The molecule has 1 amide bonds. The van der Waals surface area contributed by atoms with Gasteiger partial charge >= 0.3 is 0 Å². The quantitative estimate of drug-likeness (QED) is 0.503. The molecule has 4 rings (SSSR count). The van der Waals surface area contributed by atoms with Gasteiger partial charge in [-0.3, -0.25) is 9.69 Å². The van der Waals surface area contributed by atoms with E-state index < -0.39 is 0 Å². The molecule has 2 saturated heterocycles. The summed E-state index contributed by atoms with van der Waals surface area (Å²) in [4.78, 5) is 17.8. The number of carbonyl (C=O) groups excluding carboxylic acids is 1. The Kier molecular flexibility index (Phi) is 7.96. The maximum atomic E-state index is 13.1. The maximum Gasteiger partial charge on any atom is 0.222 e. The van der Waals surface area contributed by atoms with Crippen LogP contribution in [0.3, 0.4) is 0 Å². The first-order valence-electron chi connectivity index (χ1n) is 12.2. The summed E-state index contributed by atoms with van der Waals surface area (Å²) in [7, 11) is 0. The number of nitrogens with one attached hydrogen (secondary N) is 1. The van der Waals surface area contributed by atoms with Crippen LogP contribution in [0.25, 0.3) is 0 Å². The lowest BCUT2D eigenvalue weighted by molar-refractivity contribution is -0.132. The molecule has 1 N–H and O–H groups in total. The zero-order valence-corrected chi connectivity index (χ0v) is 18.8. The Morgan fingerprint density at radius 3 is 2.48 bits per heavy atom. The number of hydrogen-bond donors (Lipinski definition) is 1.